The van der Waals surface area contributed by atoms with Crippen molar-refractivity contribution in [3.05, 3.63) is 31.0 Å². The number of nitrogens with one attached hydrogen (secondary N) is 2. The lowest BCUT2D eigenvalue weighted by molar-refractivity contribution is 0.171. The van der Waals surface area contributed by atoms with Gasteiger partial charge in [-0.15, -0.1) is 0 Å². The summed E-state index contributed by atoms with van der Waals surface area (Å²) >= 11 is 5.21. The van der Waals surface area contributed by atoms with Crippen LogP contribution in [0.3, 0.4) is 0 Å². The quantitative estimate of drug-likeness (QED) is 0.477. The molecule has 6 heteroatoms. The molecule has 20 heavy (non-hydrogen) atoms. The summed E-state index contributed by atoms with van der Waals surface area (Å²) in [5.41, 5.74) is 0.870. The van der Waals surface area contributed by atoms with Gasteiger partial charge in [-0.25, -0.2) is 0 Å². The van der Waals surface area contributed by atoms with Crippen molar-refractivity contribution < 1.29 is 14.2 Å². The minimum atomic E-state index is 0.570. The fraction of sp³-hybridized carbons (Fsp3) is 0.357. The van der Waals surface area contributed by atoms with Crippen LogP contribution in [0.25, 0.3) is 0 Å². The van der Waals surface area contributed by atoms with Crippen molar-refractivity contribution in [1.82, 2.24) is 5.32 Å². The molecule has 1 heterocycles. The molecule has 2 N–H and O–H groups in total. The van der Waals surface area contributed by atoms with Crippen molar-refractivity contribution in [3.8, 4) is 11.5 Å². The molecule has 0 unspecified atom stereocenters. The van der Waals surface area contributed by atoms with Crippen molar-refractivity contribution in [2.24, 2.45) is 0 Å². The van der Waals surface area contributed by atoms with E-state index in [2.05, 4.69) is 17.2 Å². The summed E-state index contributed by atoms with van der Waals surface area (Å²) in [5, 5.41) is 6.78. The molecular weight excluding hydrogens is 276 g/mol. The minimum absolute atomic E-state index is 0.570. The van der Waals surface area contributed by atoms with Gasteiger partial charge in [-0.05, 0) is 30.8 Å². The van der Waals surface area contributed by atoms with Crippen molar-refractivity contribution in [3.63, 3.8) is 0 Å². The number of hydrogen-bond acceptors (Lipinski definition) is 4. The zero-order valence-electron chi connectivity index (χ0n) is 11.2. The van der Waals surface area contributed by atoms with E-state index in [1.165, 1.54) is 6.26 Å². The number of hydrogen-bond donors (Lipinski definition) is 2. The van der Waals surface area contributed by atoms with E-state index in [-0.39, 0.29) is 0 Å². The molecule has 0 aliphatic carbocycles. The van der Waals surface area contributed by atoms with Gasteiger partial charge in [0.25, 0.3) is 0 Å². The third-order valence-corrected chi connectivity index (χ3v) is 2.89. The third-order valence-electron chi connectivity index (χ3n) is 2.64. The van der Waals surface area contributed by atoms with E-state index in [4.69, 9.17) is 26.4 Å². The highest BCUT2D eigenvalue weighted by atomic mass is 32.1. The molecule has 1 aliphatic heterocycles. The van der Waals surface area contributed by atoms with Crippen molar-refractivity contribution in [2.45, 2.75) is 6.42 Å². The summed E-state index contributed by atoms with van der Waals surface area (Å²) in [6, 6.07) is 5.66. The number of rotatable bonds is 6. The molecule has 1 aromatic carbocycles. The molecule has 0 aromatic heterocycles. The summed E-state index contributed by atoms with van der Waals surface area (Å²) in [6.07, 6.45) is 2.29. The second kappa shape index (κ2) is 7.59. The molecule has 5 nitrogen and oxygen atoms in total. The maximum atomic E-state index is 5.52. The Labute approximate surface area is 123 Å². The Kier molecular flexibility index (Phi) is 5.49. The highest BCUT2D eigenvalue weighted by Crippen LogP contribution is 2.32. The molecule has 0 saturated carbocycles. The van der Waals surface area contributed by atoms with Crippen LogP contribution in [0.15, 0.2) is 31.0 Å². The largest absolute Gasteiger partial charge is 0.502 e. The number of anilines is 1. The highest BCUT2D eigenvalue weighted by Gasteiger charge is 2.11. The van der Waals surface area contributed by atoms with Crippen LogP contribution in [0.5, 0.6) is 11.5 Å². The van der Waals surface area contributed by atoms with E-state index in [1.807, 2.05) is 18.2 Å². The maximum Gasteiger partial charge on any atom is 0.170 e. The molecule has 1 aliphatic rings. The molecule has 0 spiro atoms. The molecule has 0 fully saturated rings. The summed E-state index contributed by atoms with van der Waals surface area (Å²) in [4.78, 5) is 0. The zero-order chi connectivity index (χ0) is 14.2. The van der Waals surface area contributed by atoms with Crippen LogP contribution >= 0.6 is 12.2 Å². The van der Waals surface area contributed by atoms with Gasteiger partial charge in [-0.3, -0.25) is 0 Å². The lowest BCUT2D eigenvalue weighted by Gasteiger charge is -2.19. The Morgan fingerprint density at radius 1 is 1.35 bits per heavy atom. The van der Waals surface area contributed by atoms with Gasteiger partial charge < -0.3 is 24.8 Å². The van der Waals surface area contributed by atoms with E-state index in [9.17, 15) is 0 Å². The average Bonchev–Trinajstić information content (AvgIpc) is 2.47. The lowest BCUT2D eigenvalue weighted by Crippen LogP contribution is -2.29. The molecule has 0 radical (unpaired) electrons. The van der Waals surface area contributed by atoms with Gasteiger partial charge in [0, 0.05) is 18.3 Å². The molecule has 2 rings (SSSR count). The third kappa shape index (κ3) is 4.31. The Balaban J connectivity index is 1.77. The minimum Gasteiger partial charge on any atom is -0.502 e. The molecular formula is C14H18N2O3S. The fourth-order valence-electron chi connectivity index (χ4n) is 1.74. The maximum absolute atomic E-state index is 5.52. The number of fused-ring (bicyclic) bond motifs is 1. The average molecular weight is 294 g/mol. The zero-order valence-corrected chi connectivity index (χ0v) is 12.0. The Bertz CT molecular complexity index is 479. The van der Waals surface area contributed by atoms with E-state index >= 15 is 0 Å². The van der Waals surface area contributed by atoms with Crippen LogP contribution in [-0.2, 0) is 4.74 Å². The van der Waals surface area contributed by atoms with Crippen molar-refractivity contribution in [1.29, 1.82) is 0 Å². The predicted molar refractivity (Wildman–Crippen MR) is 82.4 cm³/mol. The summed E-state index contributed by atoms with van der Waals surface area (Å²) in [7, 11) is 0. The van der Waals surface area contributed by atoms with Gasteiger partial charge in [0.2, 0.25) is 0 Å². The second-order valence-corrected chi connectivity index (χ2v) is 4.54. The van der Waals surface area contributed by atoms with Crippen LogP contribution in [0.1, 0.15) is 6.42 Å². The van der Waals surface area contributed by atoms with Gasteiger partial charge in [0.05, 0.1) is 12.9 Å². The van der Waals surface area contributed by atoms with E-state index in [0.29, 0.717) is 24.9 Å². The monoisotopic (exact) mass is 294 g/mol. The molecule has 1 aromatic rings. The van der Waals surface area contributed by atoms with Gasteiger partial charge in [-0.1, -0.05) is 6.58 Å². The van der Waals surface area contributed by atoms with Crippen molar-refractivity contribution >= 4 is 23.0 Å². The highest BCUT2D eigenvalue weighted by molar-refractivity contribution is 7.80. The van der Waals surface area contributed by atoms with E-state index in [1.54, 1.807) is 0 Å². The number of ether oxygens (including phenoxy) is 3. The molecule has 0 amide bonds. The summed E-state index contributed by atoms with van der Waals surface area (Å²) < 4.78 is 16.0. The smallest absolute Gasteiger partial charge is 0.170 e. The fourth-order valence-corrected chi connectivity index (χ4v) is 1.96. The van der Waals surface area contributed by atoms with Crippen LogP contribution < -0.4 is 20.1 Å². The van der Waals surface area contributed by atoms with Gasteiger partial charge >= 0.3 is 0 Å². The first kappa shape index (κ1) is 14.5. The van der Waals surface area contributed by atoms with Gasteiger partial charge in [0.1, 0.15) is 13.2 Å². The van der Waals surface area contributed by atoms with Gasteiger partial charge in [-0.2, -0.15) is 0 Å². The molecule has 0 bridgehead atoms. The Hall–Kier alpha value is -1.95. The standard InChI is InChI=1S/C14H18N2O3S/c1-2-17-7-3-6-15-14(20)16-11-4-5-12-13(10-11)19-9-8-18-12/h2,4-5,10H,1,3,6-9H2,(H2,15,16,20). The first-order valence-electron chi connectivity index (χ1n) is 6.46. The van der Waals surface area contributed by atoms with Crippen LogP contribution in [0, 0.1) is 0 Å². The second-order valence-electron chi connectivity index (χ2n) is 4.13. The van der Waals surface area contributed by atoms with Gasteiger partial charge in [0.15, 0.2) is 16.6 Å². The lowest BCUT2D eigenvalue weighted by atomic mass is 10.2. The van der Waals surface area contributed by atoms with Crippen molar-refractivity contribution in [2.75, 3.05) is 31.7 Å². The first-order valence-corrected chi connectivity index (χ1v) is 6.87. The van der Waals surface area contributed by atoms with Crippen LogP contribution in [0.2, 0.25) is 0 Å². The molecule has 0 saturated heterocycles. The Morgan fingerprint density at radius 3 is 2.95 bits per heavy atom. The number of thiocarbonyl (C=S) groups is 1. The Morgan fingerprint density at radius 2 is 2.15 bits per heavy atom. The predicted octanol–water partition coefficient (Wildman–Crippen LogP) is 2.29. The summed E-state index contributed by atoms with van der Waals surface area (Å²) in [6.45, 7) is 6.01. The topological polar surface area (TPSA) is 51.8 Å². The molecule has 0 atom stereocenters. The van der Waals surface area contributed by atoms with Crippen LogP contribution in [-0.4, -0.2) is 31.5 Å². The normalized spacial score (nSPS) is 12.4. The molecule has 108 valence electrons. The van der Waals surface area contributed by atoms with Crippen LogP contribution in [0.4, 0.5) is 5.69 Å². The van der Waals surface area contributed by atoms with E-state index < -0.39 is 0 Å². The van der Waals surface area contributed by atoms with E-state index in [0.717, 1.165) is 30.2 Å². The number of benzene rings is 1. The SMILES string of the molecule is C=COCCCNC(=S)Nc1ccc2c(c1)OCCO2. The first-order chi connectivity index (χ1) is 9.79. The summed E-state index contributed by atoms with van der Waals surface area (Å²) in [5.74, 6) is 1.51.